The predicted octanol–water partition coefficient (Wildman–Crippen LogP) is 10.9. The molecule has 55 heavy (non-hydrogen) atoms. The highest BCUT2D eigenvalue weighted by Crippen LogP contribution is 2.44. The summed E-state index contributed by atoms with van der Waals surface area (Å²) in [4.78, 5) is 0. The van der Waals surface area contributed by atoms with Gasteiger partial charge in [-0.2, -0.15) is 10.5 Å². The Kier molecular flexibility index (Phi) is 7.86. The highest BCUT2D eigenvalue weighted by Gasteiger charge is 2.27. The van der Waals surface area contributed by atoms with E-state index in [1.165, 1.54) is 60.7 Å². The van der Waals surface area contributed by atoms with Gasteiger partial charge in [-0.1, -0.05) is 116 Å². The molecule has 7 aromatic rings. The second-order valence-electron chi connectivity index (χ2n) is 14.9. The minimum atomic E-state index is 0.332. The van der Waals surface area contributed by atoms with E-state index >= 15 is 0 Å². The zero-order valence-electron chi connectivity index (χ0n) is 30.8. The molecule has 1 atom stereocenters. The van der Waals surface area contributed by atoms with Crippen LogP contribution in [0.25, 0.3) is 73.2 Å². The lowest BCUT2D eigenvalue weighted by Crippen LogP contribution is -2.36. The standard InChI is InChI=1S/C51H38N4/c1-33-28-44(51-45(29-33)43-30-34(31-52)26-27-48(43)54(51)36-15-3-2-4-16-36)40-20-9-7-18-38(40)37-17-6-8-19-39(37)41-22-13-25-49-50(41)42-21-10-12-24-47(42)55(49)46-23-11-5-14-35(46)32-53/h3,5-25,29-30,33H,2,4,26-28H2,1H3. The quantitative estimate of drug-likeness (QED) is 0.179. The third kappa shape index (κ3) is 5.18. The molecule has 0 aliphatic heterocycles. The third-order valence-corrected chi connectivity index (χ3v) is 11.7. The SMILES string of the molecule is CC1C=c2c3c(n(C4=CCCC=C4)c2=C(c2ccccc2-c2ccccc2-c2cccc4c2c2ccccc2n4-c2ccccc2C#N)C1)CCC(C#N)=C3. The van der Waals surface area contributed by atoms with E-state index in [1.54, 1.807) is 0 Å². The van der Waals surface area contributed by atoms with E-state index in [2.05, 4.69) is 150 Å². The van der Waals surface area contributed by atoms with Gasteiger partial charge in [0.05, 0.1) is 33.7 Å². The second-order valence-corrected chi connectivity index (χ2v) is 14.9. The fraction of sp³-hybridized carbons (Fsp3) is 0.137. The Bertz CT molecular complexity index is 3050. The van der Waals surface area contributed by atoms with E-state index in [0.29, 0.717) is 11.5 Å². The highest BCUT2D eigenvalue weighted by atomic mass is 15.0. The molecular weight excluding hydrogens is 669 g/mol. The van der Waals surface area contributed by atoms with Crippen molar-refractivity contribution in [3.05, 3.63) is 172 Å². The van der Waals surface area contributed by atoms with Crippen LogP contribution in [0.15, 0.2) is 139 Å². The molecular formula is C51H38N4. The number of hydrogen-bond acceptors (Lipinski definition) is 2. The molecule has 0 bridgehead atoms. The Labute approximate surface area is 320 Å². The fourth-order valence-electron chi connectivity index (χ4n) is 9.37. The Balaban J connectivity index is 1.25. The molecule has 2 aromatic heterocycles. The Morgan fingerprint density at radius 3 is 2.13 bits per heavy atom. The third-order valence-electron chi connectivity index (χ3n) is 11.7. The Morgan fingerprint density at radius 1 is 0.655 bits per heavy atom. The summed E-state index contributed by atoms with van der Waals surface area (Å²) in [6.07, 6.45) is 16.2. The maximum Gasteiger partial charge on any atom is 0.101 e. The van der Waals surface area contributed by atoms with Gasteiger partial charge < -0.3 is 9.13 Å². The number of hydrogen-bond donors (Lipinski definition) is 0. The molecule has 0 N–H and O–H groups in total. The average molecular weight is 707 g/mol. The molecule has 0 saturated carbocycles. The lowest BCUT2D eigenvalue weighted by Gasteiger charge is -2.22. The van der Waals surface area contributed by atoms with Gasteiger partial charge in [0, 0.05) is 38.5 Å². The average Bonchev–Trinajstić information content (AvgIpc) is 3.76. The van der Waals surface area contributed by atoms with Gasteiger partial charge in [0.1, 0.15) is 6.07 Å². The molecule has 5 aromatic carbocycles. The minimum Gasteiger partial charge on any atom is -0.313 e. The van der Waals surface area contributed by atoms with Crippen molar-refractivity contribution in [2.45, 2.75) is 39.0 Å². The first-order chi connectivity index (χ1) is 27.1. The van der Waals surface area contributed by atoms with E-state index in [9.17, 15) is 10.5 Å². The molecule has 4 nitrogen and oxygen atoms in total. The van der Waals surface area contributed by atoms with Gasteiger partial charge in [-0.25, -0.2) is 0 Å². The van der Waals surface area contributed by atoms with Crippen LogP contribution in [0, 0.1) is 28.6 Å². The van der Waals surface area contributed by atoms with Crippen molar-refractivity contribution in [2.75, 3.05) is 0 Å². The van der Waals surface area contributed by atoms with Crippen LogP contribution < -0.4 is 10.6 Å². The molecule has 2 heterocycles. The second kappa shape index (κ2) is 13.2. The van der Waals surface area contributed by atoms with Gasteiger partial charge >= 0.3 is 0 Å². The number of nitriles is 2. The van der Waals surface area contributed by atoms with Crippen molar-refractivity contribution in [2.24, 2.45) is 5.92 Å². The Hall–Kier alpha value is -6.88. The first-order valence-electron chi connectivity index (χ1n) is 19.3. The van der Waals surface area contributed by atoms with E-state index in [-0.39, 0.29) is 0 Å². The van der Waals surface area contributed by atoms with Crippen molar-refractivity contribution in [1.29, 1.82) is 10.5 Å². The van der Waals surface area contributed by atoms with Crippen molar-refractivity contribution < 1.29 is 0 Å². The number of aromatic nitrogens is 2. The largest absolute Gasteiger partial charge is 0.313 e. The number of benzene rings is 5. The van der Waals surface area contributed by atoms with Crippen LogP contribution in [0.1, 0.15) is 55.0 Å². The summed E-state index contributed by atoms with van der Waals surface area (Å²) in [7, 11) is 0. The normalized spacial score (nSPS) is 16.1. The fourth-order valence-corrected chi connectivity index (χ4v) is 9.37. The predicted molar refractivity (Wildman–Crippen MR) is 225 cm³/mol. The molecule has 3 aliphatic rings. The molecule has 0 radical (unpaired) electrons. The van der Waals surface area contributed by atoms with Gasteiger partial charge in [-0.3, -0.25) is 0 Å². The summed E-state index contributed by atoms with van der Waals surface area (Å²) in [5.41, 5.74) is 15.6. The summed E-state index contributed by atoms with van der Waals surface area (Å²) in [6.45, 7) is 2.32. The van der Waals surface area contributed by atoms with E-state index in [1.807, 2.05) is 24.3 Å². The van der Waals surface area contributed by atoms with Gasteiger partial charge in [0.25, 0.3) is 0 Å². The van der Waals surface area contributed by atoms with Crippen LogP contribution in [0.2, 0.25) is 0 Å². The summed E-state index contributed by atoms with van der Waals surface area (Å²) in [5, 5.41) is 25.0. The summed E-state index contributed by atoms with van der Waals surface area (Å²) in [6, 6.07) is 45.7. The van der Waals surface area contributed by atoms with Crippen LogP contribution in [-0.2, 0) is 6.42 Å². The molecule has 0 fully saturated rings. The lowest BCUT2D eigenvalue weighted by atomic mass is 9.83. The van der Waals surface area contributed by atoms with Gasteiger partial charge in [0.15, 0.2) is 0 Å². The molecule has 0 saturated heterocycles. The van der Waals surface area contributed by atoms with Crippen LogP contribution in [0.5, 0.6) is 0 Å². The van der Waals surface area contributed by atoms with Crippen LogP contribution >= 0.6 is 0 Å². The molecule has 3 aliphatic carbocycles. The van der Waals surface area contributed by atoms with Crippen LogP contribution in [0.3, 0.4) is 0 Å². The number of fused-ring (bicyclic) bond motifs is 6. The van der Waals surface area contributed by atoms with E-state index in [4.69, 9.17) is 0 Å². The first-order valence-corrected chi connectivity index (χ1v) is 19.3. The Morgan fingerprint density at radius 2 is 1.35 bits per heavy atom. The summed E-state index contributed by atoms with van der Waals surface area (Å²) < 4.78 is 4.77. The van der Waals surface area contributed by atoms with Crippen molar-refractivity contribution in [3.63, 3.8) is 0 Å². The van der Waals surface area contributed by atoms with Gasteiger partial charge in [0.2, 0.25) is 0 Å². The highest BCUT2D eigenvalue weighted by molar-refractivity contribution is 6.17. The molecule has 0 spiro atoms. The maximum atomic E-state index is 10.1. The number of nitrogens with zero attached hydrogens (tertiary/aromatic N) is 4. The van der Waals surface area contributed by atoms with Crippen molar-refractivity contribution >= 4 is 45.2 Å². The van der Waals surface area contributed by atoms with Crippen LogP contribution in [-0.4, -0.2) is 9.13 Å². The zero-order chi connectivity index (χ0) is 37.0. The first kappa shape index (κ1) is 32.7. The number of para-hydroxylation sites is 2. The topological polar surface area (TPSA) is 57.4 Å². The monoisotopic (exact) mass is 706 g/mol. The molecule has 4 heteroatoms. The number of allylic oxidation sites excluding steroid dienone is 5. The zero-order valence-corrected chi connectivity index (χ0v) is 30.8. The maximum absolute atomic E-state index is 10.1. The number of rotatable bonds is 5. The molecule has 262 valence electrons. The van der Waals surface area contributed by atoms with Gasteiger partial charge in [-0.15, -0.1) is 0 Å². The van der Waals surface area contributed by atoms with Crippen molar-refractivity contribution in [1.82, 2.24) is 9.13 Å². The molecule has 1 unspecified atom stereocenters. The minimum absolute atomic E-state index is 0.332. The van der Waals surface area contributed by atoms with Crippen molar-refractivity contribution in [3.8, 4) is 40.1 Å². The molecule has 10 rings (SSSR count). The van der Waals surface area contributed by atoms with E-state index < -0.39 is 0 Å². The molecule has 0 amide bonds. The summed E-state index contributed by atoms with van der Waals surface area (Å²) in [5.74, 6) is 0.332. The summed E-state index contributed by atoms with van der Waals surface area (Å²) >= 11 is 0. The van der Waals surface area contributed by atoms with E-state index in [0.717, 1.165) is 65.3 Å². The van der Waals surface area contributed by atoms with Gasteiger partial charge in [-0.05, 0) is 108 Å². The smallest absolute Gasteiger partial charge is 0.101 e. The lowest BCUT2D eigenvalue weighted by molar-refractivity contribution is 0.775. The van der Waals surface area contributed by atoms with Crippen LogP contribution in [0.4, 0.5) is 0 Å².